The third-order valence-corrected chi connectivity index (χ3v) is 2.96. The fraction of sp³-hybridized carbons (Fsp3) is 0.353. The number of esters is 1. The number of benzene rings is 1. The van der Waals surface area contributed by atoms with Crippen LogP contribution in [0.15, 0.2) is 30.3 Å². The fourth-order valence-corrected chi connectivity index (χ4v) is 1.89. The molecule has 2 rings (SSSR count). The van der Waals surface area contributed by atoms with Crippen LogP contribution in [-0.4, -0.2) is 23.6 Å². The molecule has 1 unspecified atom stereocenters. The van der Waals surface area contributed by atoms with E-state index in [9.17, 15) is 4.79 Å². The largest absolute Gasteiger partial charge is 0.466 e. The van der Waals surface area contributed by atoms with Crippen LogP contribution in [0.5, 0.6) is 0 Å². The van der Waals surface area contributed by atoms with E-state index in [-0.39, 0.29) is 12.4 Å². The molecule has 1 aromatic carbocycles. The summed E-state index contributed by atoms with van der Waals surface area (Å²) < 4.78 is 4.88. The number of fused-ring (bicyclic) bond motifs is 1. The number of carbonyl (C=O) groups is 1. The Bertz CT molecular complexity index is 681. The standard InChI is InChI=1S/C13H15NO2.C4H5N3.H4N2/c1-10(15)16-8-4-6-12-9-11-5-2-3-7-13(11)14-12;5-2-1-4(7)3-6;1-2/h2-3,5,7,9,14H,4,6,8H2,1H3;4H,1,7H2;1-2H2. The zero-order valence-electron chi connectivity index (χ0n) is 14.2. The van der Waals surface area contributed by atoms with E-state index in [1.807, 2.05) is 12.1 Å². The number of hydrogen-bond acceptors (Lipinski definition) is 7. The number of nitriles is 2. The highest BCUT2D eigenvalue weighted by Gasteiger charge is 2.00. The molecule has 0 spiro atoms. The number of nitrogens with one attached hydrogen (secondary N) is 1. The Labute approximate surface area is 147 Å². The number of hydrogen-bond donors (Lipinski definition) is 4. The Hall–Kier alpha value is -2.91. The summed E-state index contributed by atoms with van der Waals surface area (Å²) in [5, 5.41) is 17.1. The van der Waals surface area contributed by atoms with Crippen LogP contribution in [0.2, 0.25) is 0 Å². The number of nitrogens with zero attached hydrogens (tertiary/aromatic N) is 2. The predicted molar refractivity (Wildman–Crippen MR) is 95.4 cm³/mol. The van der Waals surface area contributed by atoms with E-state index in [0.29, 0.717) is 6.61 Å². The molecule has 8 heteroatoms. The van der Waals surface area contributed by atoms with Crippen molar-refractivity contribution in [1.29, 1.82) is 10.5 Å². The van der Waals surface area contributed by atoms with Crippen LogP contribution in [0.3, 0.4) is 0 Å². The molecule has 0 saturated carbocycles. The van der Waals surface area contributed by atoms with E-state index in [4.69, 9.17) is 21.0 Å². The van der Waals surface area contributed by atoms with Gasteiger partial charge in [-0.3, -0.25) is 16.5 Å². The molecule has 1 heterocycles. The Morgan fingerprint density at radius 1 is 1.32 bits per heavy atom. The quantitative estimate of drug-likeness (QED) is 0.274. The highest BCUT2D eigenvalue weighted by atomic mass is 16.5. The number of hydrazine groups is 1. The second-order valence-corrected chi connectivity index (χ2v) is 4.92. The maximum atomic E-state index is 10.6. The molecular weight excluding hydrogens is 320 g/mol. The summed E-state index contributed by atoms with van der Waals surface area (Å²) in [6.07, 6.45) is 1.88. The molecule has 0 radical (unpaired) electrons. The van der Waals surface area contributed by atoms with Crippen molar-refractivity contribution in [2.45, 2.75) is 32.2 Å². The van der Waals surface area contributed by atoms with Crippen molar-refractivity contribution in [2.75, 3.05) is 6.61 Å². The van der Waals surface area contributed by atoms with E-state index >= 15 is 0 Å². The summed E-state index contributed by atoms with van der Waals surface area (Å²) in [5.74, 6) is 7.79. The normalized spacial score (nSPS) is 10.2. The highest BCUT2D eigenvalue weighted by molar-refractivity contribution is 5.80. The van der Waals surface area contributed by atoms with Crippen molar-refractivity contribution in [3.63, 3.8) is 0 Å². The molecule has 2 aromatic rings. The predicted octanol–water partition coefficient (Wildman–Crippen LogP) is 1.23. The van der Waals surface area contributed by atoms with Gasteiger partial charge in [-0.05, 0) is 30.4 Å². The first kappa shape index (κ1) is 22.1. The molecule has 134 valence electrons. The van der Waals surface area contributed by atoms with Gasteiger partial charge in [0.25, 0.3) is 0 Å². The zero-order valence-corrected chi connectivity index (χ0v) is 14.2. The first-order valence-corrected chi connectivity index (χ1v) is 7.62. The molecule has 7 N–H and O–H groups in total. The fourth-order valence-electron chi connectivity index (χ4n) is 1.89. The first-order chi connectivity index (χ1) is 12.1. The van der Waals surface area contributed by atoms with Gasteiger partial charge in [-0.15, -0.1) is 0 Å². The van der Waals surface area contributed by atoms with Crippen LogP contribution in [0.4, 0.5) is 0 Å². The summed E-state index contributed by atoms with van der Waals surface area (Å²) in [7, 11) is 0. The van der Waals surface area contributed by atoms with Crippen LogP contribution in [0.25, 0.3) is 10.9 Å². The Balaban J connectivity index is 0.000000544. The number of aromatic amines is 1. The monoisotopic (exact) mass is 344 g/mol. The number of carbonyl (C=O) groups excluding carboxylic acids is 1. The minimum atomic E-state index is -0.606. The number of para-hydroxylation sites is 1. The van der Waals surface area contributed by atoms with Gasteiger partial charge in [0.15, 0.2) is 0 Å². The van der Waals surface area contributed by atoms with Crippen LogP contribution in [0.1, 0.15) is 25.5 Å². The van der Waals surface area contributed by atoms with Gasteiger partial charge in [-0.1, -0.05) is 18.2 Å². The van der Waals surface area contributed by atoms with Crippen molar-refractivity contribution >= 4 is 16.9 Å². The Morgan fingerprint density at radius 2 is 2.00 bits per heavy atom. The molecule has 1 atom stereocenters. The third-order valence-electron chi connectivity index (χ3n) is 2.96. The molecule has 8 nitrogen and oxygen atoms in total. The maximum absolute atomic E-state index is 10.6. The zero-order chi connectivity index (χ0) is 19.1. The number of aryl methyl sites for hydroxylation is 1. The van der Waals surface area contributed by atoms with Gasteiger partial charge in [0.05, 0.1) is 25.2 Å². The number of rotatable bonds is 5. The average molecular weight is 344 g/mol. The lowest BCUT2D eigenvalue weighted by Crippen LogP contribution is -2.15. The van der Waals surface area contributed by atoms with Gasteiger partial charge in [-0.25, -0.2) is 0 Å². The smallest absolute Gasteiger partial charge is 0.302 e. The summed E-state index contributed by atoms with van der Waals surface area (Å²) in [6, 6.07) is 13.2. The topological polar surface area (TPSA) is 168 Å². The van der Waals surface area contributed by atoms with E-state index in [1.54, 1.807) is 12.1 Å². The third kappa shape index (κ3) is 9.74. The lowest BCUT2D eigenvalue weighted by atomic mass is 10.2. The van der Waals surface area contributed by atoms with Crippen LogP contribution >= 0.6 is 0 Å². The number of nitrogens with two attached hydrogens (primary N) is 3. The van der Waals surface area contributed by atoms with Gasteiger partial charge in [0, 0.05) is 18.1 Å². The molecular formula is C17H24N6O2. The number of ether oxygens (including phenoxy) is 1. The van der Waals surface area contributed by atoms with Gasteiger partial charge >= 0.3 is 5.97 Å². The molecule has 0 aliphatic carbocycles. The van der Waals surface area contributed by atoms with Gasteiger partial charge < -0.3 is 15.5 Å². The van der Waals surface area contributed by atoms with Crippen LogP contribution in [-0.2, 0) is 16.0 Å². The average Bonchev–Trinajstić information content (AvgIpc) is 3.04. The summed E-state index contributed by atoms with van der Waals surface area (Å²) in [5.41, 5.74) is 7.35. The molecule has 0 aliphatic heterocycles. The van der Waals surface area contributed by atoms with Crippen LogP contribution < -0.4 is 17.4 Å². The van der Waals surface area contributed by atoms with Crippen molar-refractivity contribution in [1.82, 2.24) is 4.98 Å². The first-order valence-electron chi connectivity index (χ1n) is 7.62. The van der Waals surface area contributed by atoms with Crippen LogP contribution in [0, 0.1) is 22.7 Å². The van der Waals surface area contributed by atoms with Gasteiger partial charge in [-0.2, -0.15) is 10.5 Å². The van der Waals surface area contributed by atoms with E-state index in [0.717, 1.165) is 18.4 Å². The molecule has 0 amide bonds. The molecule has 0 aliphatic rings. The number of aromatic nitrogens is 1. The SMILES string of the molecule is CC(=O)OCCCc1cc2ccccc2[nH]1.N#CCC(N)C#N.NN. The van der Waals surface area contributed by atoms with E-state index in [1.165, 1.54) is 18.0 Å². The Kier molecular flexibility index (Phi) is 11.9. The second kappa shape index (κ2) is 13.5. The van der Waals surface area contributed by atoms with Crippen molar-refractivity contribution in [3.8, 4) is 12.1 Å². The van der Waals surface area contributed by atoms with Crippen molar-refractivity contribution in [2.24, 2.45) is 17.4 Å². The summed E-state index contributed by atoms with van der Waals surface area (Å²) >= 11 is 0. The molecule has 25 heavy (non-hydrogen) atoms. The Morgan fingerprint density at radius 3 is 2.52 bits per heavy atom. The molecule has 0 bridgehead atoms. The maximum Gasteiger partial charge on any atom is 0.302 e. The van der Waals surface area contributed by atoms with E-state index in [2.05, 4.69) is 34.9 Å². The minimum absolute atomic E-state index is 0.122. The van der Waals surface area contributed by atoms with E-state index < -0.39 is 6.04 Å². The van der Waals surface area contributed by atoms with Crippen molar-refractivity contribution < 1.29 is 9.53 Å². The lowest BCUT2D eigenvalue weighted by molar-refractivity contribution is -0.141. The summed E-state index contributed by atoms with van der Waals surface area (Å²) in [4.78, 5) is 13.9. The lowest BCUT2D eigenvalue weighted by Gasteiger charge is -1.99. The number of H-pyrrole nitrogens is 1. The van der Waals surface area contributed by atoms with Gasteiger partial charge in [0.1, 0.15) is 6.04 Å². The summed E-state index contributed by atoms with van der Waals surface area (Å²) in [6.45, 7) is 1.92. The molecule has 1 aromatic heterocycles. The minimum Gasteiger partial charge on any atom is -0.466 e. The molecule has 0 saturated heterocycles. The van der Waals surface area contributed by atoms with Crippen molar-refractivity contribution in [3.05, 3.63) is 36.0 Å². The van der Waals surface area contributed by atoms with Gasteiger partial charge in [0.2, 0.25) is 0 Å². The highest BCUT2D eigenvalue weighted by Crippen LogP contribution is 2.15. The molecule has 0 fully saturated rings. The second-order valence-electron chi connectivity index (χ2n) is 4.92.